The van der Waals surface area contributed by atoms with Crippen molar-refractivity contribution in [2.75, 3.05) is 0 Å². The molecule has 0 bridgehead atoms. The first kappa shape index (κ1) is 7.80. The van der Waals surface area contributed by atoms with Crippen LogP contribution in [0.3, 0.4) is 0 Å². The molecule has 1 aromatic rings. The van der Waals surface area contributed by atoms with Gasteiger partial charge in [0.05, 0.1) is 11.6 Å². The van der Waals surface area contributed by atoms with Gasteiger partial charge in [0.25, 0.3) is 0 Å². The number of nitrogens with zero attached hydrogens (tertiary/aromatic N) is 1. The van der Waals surface area contributed by atoms with E-state index in [9.17, 15) is 0 Å². The first-order valence-corrected chi connectivity index (χ1v) is 3.10. The Hall–Kier alpha value is -1.31. The maximum absolute atomic E-state index is 8.69. The molecular formula is C7H6BNO2. The minimum Gasteiger partial charge on any atom is -0.423 e. The first-order chi connectivity index (χ1) is 5.24. The van der Waals surface area contributed by atoms with Crippen LogP contribution in [0.25, 0.3) is 0 Å². The highest BCUT2D eigenvalue weighted by molar-refractivity contribution is 6.58. The van der Waals surface area contributed by atoms with Crippen molar-refractivity contribution in [3.8, 4) is 6.07 Å². The molecule has 0 aliphatic rings. The van der Waals surface area contributed by atoms with E-state index in [1.807, 2.05) is 6.07 Å². The van der Waals surface area contributed by atoms with Crippen molar-refractivity contribution in [1.82, 2.24) is 0 Å². The Morgan fingerprint density at radius 1 is 1.36 bits per heavy atom. The fraction of sp³-hybridized carbons (Fsp3) is 0. The SMILES string of the molecule is N#C[13c]1[13cH][13cH][13cH][13c](B(O)O)[13cH]1. The molecule has 0 spiro atoms. The molecule has 0 aliphatic heterocycles. The molecule has 0 aromatic heterocycles. The molecule has 2 N–H and O–H groups in total. The number of hydrogen-bond acceptors (Lipinski definition) is 3. The van der Waals surface area contributed by atoms with Crippen LogP contribution in [0.1, 0.15) is 5.56 Å². The van der Waals surface area contributed by atoms with E-state index in [1.165, 1.54) is 6.07 Å². The molecule has 54 valence electrons. The minimum absolute atomic E-state index is 0.337. The van der Waals surface area contributed by atoms with Gasteiger partial charge in [-0.15, -0.1) is 0 Å². The van der Waals surface area contributed by atoms with Gasteiger partial charge in [0.1, 0.15) is 0 Å². The lowest BCUT2D eigenvalue weighted by Crippen LogP contribution is -2.29. The zero-order chi connectivity index (χ0) is 8.27. The summed E-state index contributed by atoms with van der Waals surface area (Å²) >= 11 is 0. The normalized spacial score (nSPS) is 8.82. The molecule has 0 amide bonds. The average Bonchev–Trinajstić information content (AvgIpc) is 2.05. The van der Waals surface area contributed by atoms with Crippen molar-refractivity contribution >= 4 is 12.6 Å². The van der Waals surface area contributed by atoms with E-state index < -0.39 is 7.12 Å². The van der Waals surface area contributed by atoms with Crippen LogP contribution in [0, 0.1) is 11.3 Å². The quantitative estimate of drug-likeness (QED) is 0.521. The van der Waals surface area contributed by atoms with Crippen molar-refractivity contribution < 1.29 is 10.0 Å². The third-order valence-corrected chi connectivity index (χ3v) is 1.31. The van der Waals surface area contributed by atoms with Crippen molar-refractivity contribution in [2.24, 2.45) is 0 Å². The second-order valence-corrected chi connectivity index (χ2v) is 2.11. The third kappa shape index (κ3) is 1.80. The maximum Gasteiger partial charge on any atom is 0.488 e. The first-order valence-electron chi connectivity index (χ1n) is 3.10. The van der Waals surface area contributed by atoms with Crippen LogP contribution < -0.4 is 5.46 Å². The van der Waals surface area contributed by atoms with Gasteiger partial charge >= 0.3 is 7.12 Å². The van der Waals surface area contributed by atoms with Gasteiger partial charge in [-0.2, -0.15) is 5.26 Å². The summed E-state index contributed by atoms with van der Waals surface area (Å²) in [6.45, 7) is 0. The second kappa shape index (κ2) is 3.19. The van der Waals surface area contributed by atoms with Crippen molar-refractivity contribution in [3.05, 3.63) is 29.8 Å². The summed E-state index contributed by atoms with van der Waals surface area (Å²) in [7, 11) is -1.50. The lowest BCUT2D eigenvalue weighted by molar-refractivity contribution is 0.426. The van der Waals surface area contributed by atoms with Gasteiger partial charge in [-0.3, -0.25) is 0 Å². The highest BCUT2D eigenvalue weighted by Crippen LogP contribution is 1.93. The standard InChI is InChI=1S/C7H6BNO2/c9-5-6-2-1-3-7(4-6)8(10)11/h1-4,10-11H/i1+1,2+1,3+1,4+1,6+1,7+1. The monoisotopic (exact) mass is 153 g/mol. The molecule has 0 fully saturated rings. The van der Waals surface area contributed by atoms with E-state index in [4.69, 9.17) is 15.3 Å². The molecule has 0 atom stereocenters. The molecule has 0 aliphatic carbocycles. The van der Waals surface area contributed by atoms with Crippen LogP contribution in [-0.4, -0.2) is 17.2 Å². The van der Waals surface area contributed by atoms with Crippen LogP contribution in [0.4, 0.5) is 0 Å². The maximum atomic E-state index is 8.69. The highest BCUT2D eigenvalue weighted by Gasteiger charge is 2.09. The van der Waals surface area contributed by atoms with Gasteiger partial charge in [0, 0.05) is 0 Å². The fourth-order valence-electron chi connectivity index (χ4n) is 0.769. The van der Waals surface area contributed by atoms with Crippen LogP contribution in [0.5, 0.6) is 0 Å². The van der Waals surface area contributed by atoms with Crippen LogP contribution in [0.2, 0.25) is 0 Å². The second-order valence-electron chi connectivity index (χ2n) is 2.11. The smallest absolute Gasteiger partial charge is 0.423 e. The summed E-state index contributed by atoms with van der Waals surface area (Å²) in [5.41, 5.74) is 0.764. The van der Waals surface area contributed by atoms with Crippen molar-refractivity contribution in [2.45, 2.75) is 0 Å². The van der Waals surface area contributed by atoms with E-state index in [-0.39, 0.29) is 0 Å². The Morgan fingerprint density at radius 2 is 2.09 bits per heavy atom. The molecule has 0 saturated heterocycles. The third-order valence-electron chi connectivity index (χ3n) is 1.31. The molecule has 0 radical (unpaired) electrons. The predicted molar refractivity (Wildman–Crippen MR) is 41.0 cm³/mol. The summed E-state index contributed by atoms with van der Waals surface area (Å²) in [6.07, 6.45) is 0. The molecule has 0 saturated carbocycles. The van der Waals surface area contributed by atoms with Crippen LogP contribution >= 0.6 is 0 Å². The molecule has 0 unspecified atom stereocenters. The van der Waals surface area contributed by atoms with Gasteiger partial charge in [-0.05, 0) is 17.6 Å². The molecule has 1 aromatic carbocycles. The number of hydrogen-bond donors (Lipinski definition) is 2. The van der Waals surface area contributed by atoms with Gasteiger partial charge in [-0.1, -0.05) is 12.1 Å². The Morgan fingerprint density at radius 3 is 2.64 bits per heavy atom. The summed E-state index contributed by atoms with van der Waals surface area (Å²) < 4.78 is 0. The molecule has 0 heterocycles. The highest BCUT2D eigenvalue weighted by atomic mass is 16.4. The Kier molecular flexibility index (Phi) is 2.26. The van der Waals surface area contributed by atoms with Gasteiger partial charge < -0.3 is 10.0 Å². The molecule has 11 heavy (non-hydrogen) atoms. The molecule has 4 heteroatoms. The lowest BCUT2D eigenvalue weighted by Gasteiger charge is -1.97. The largest absolute Gasteiger partial charge is 0.488 e. The summed E-state index contributed by atoms with van der Waals surface area (Å²) in [5, 5.41) is 25.8. The summed E-state index contributed by atoms with van der Waals surface area (Å²) in [4.78, 5) is 0. The predicted octanol–water partition coefficient (Wildman–Crippen LogP) is -0.762. The lowest BCUT2D eigenvalue weighted by atomic mass is 10.1. The van der Waals surface area contributed by atoms with Gasteiger partial charge in [0.15, 0.2) is 0 Å². The van der Waals surface area contributed by atoms with Gasteiger partial charge in [-0.25, -0.2) is 0 Å². The Balaban J connectivity index is 3.03. The van der Waals surface area contributed by atoms with Crippen molar-refractivity contribution in [1.29, 1.82) is 5.26 Å². The number of nitriles is 1. The minimum atomic E-state index is -1.50. The van der Waals surface area contributed by atoms with Crippen LogP contribution in [0.15, 0.2) is 24.3 Å². The number of rotatable bonds is 1. The van der Waals surface area contributed by atoms with Gasteiger partial charge in [0.2, 0.25) is 0 Å². The zero-order valence-corrected chi connectivity index (χ0v) is 5.73. The van der Waals surface area contributed by atoms with Crippen LogP contribution in [-0.2, 0) is 0 Å². The Bertz CT molecular complexity index is 293. The van der Waals surface area contributed by atoms with Crippen molar-refractivity contribution in [3.63, 3.8) is 0 Å². The average molecular weight is 153 g/mol. The van der Waals surface area contributed by atoms with E-state index >= 15 is 0 Å². The van der Waals surface area contributed by atoms with E-state index in [0.717, 1.165) is 0 Å². The summed E-state index contributed by atoms with van der Waals surface area (Å²) in [6, 6.07) is 8.09. The summed E-state index contributed by atoms with van der Waals surface area (Å²) in [5.74, 6) is 0. The fourth-order valence-corrected chi connectivity index (χ4v) is 0.769. The molecule has 3 nitrogen and oxygen atoms in total. The van der Waals surface area contributed by atoms with E-state index in [1.54, 1.807) is 18.2 Å². The van der Waals surface area contributed by atoms with E-state index in [2.05, 4.69) is 0 Å². The Labute approximate surface area is 64.7 Å². The number of benzene rings is 1. The van der Waals surface area contributed by atoms with E-state index in [0.29, 0.717) is 11.0 Å². The molecule has 1 rings (SSSR count). The zero-order valence-electron chi connectivity index (χ0n) is 5.73. The topological polar surface area (TPSA) is 64.2 Å². The molecular weight excluding hydrogens is 147 g/mol.